The number of hydrogen-bond donors (Lipinski definition) is 3. The van der Waals surface area contributed by atoms with E-state index >= 15 is 0 Å². The fourth-order valence-electron chi connectivity index (χ4n) is 3.42. The Balaban J connectivity index is 1.47. The average Bonchev–Trinajstić information content (AvgIpc) is 3.39. The van der Waals surface area contributed by atoms with Crippen molar-refractivity contribution in [2.24, 2.45) is 4.99 Å². The van der Waals surface area contributed by atoms with Gasteiger partial charge >= 0.3 is 0 Å². The van der Waals surface area contributed by atoms with E-state index in [-0.39, 0.29) is 12.5 Å². The average molecular weight is 415 g/mol. The highest BCUT2D eigenvalue weighted by atomic mass is 32.1. The Morgan fingerprint density at radius 1 is 1.31 bits per heavy atom. The summed E-state index contributed by atoms with van der Waals surface area (Å²) in [6.45, 7) is 6.19. The van der Waals surface area contributed by atoms with E-state index in [0.29, 0.717) is 18.9 Å². The van der Waals surface area contributed by atoms with Gasteiger partial charge in [0, 0.05) is 31.7 Å². The van der Waals surface area contributed by atoms with Crippen molar-refractivity contribution in [2.45, 2.75) is 38.7 Å². The lowest BCUT2D eigenvalue weighted by Gasteiger charge is -2.21. The van der Waals surface area contributed by atoms with Gasteiger partial charge in [0.2, 0.25) is 5.91 Å². The zero-order valence-corrected chi connectivity index (χ0v) is 18.0. The highest BCUT2D eigenvalue weighted by molar-refractivity contribution is 7.08. The second kappa shape index (κ2) is 9.89. The number of nitrogens with zero attached hydrogens (tertiary/aromatic N) is 2. The molecular formula is C22H30N4O2S. The lowest BCUT2D eigenvalue weighted by atomic mass is 10.00. The topological polar surface area (TPSA) is 77.0 Å². The van der Waals surface area contributed by atoms with Gasteiger partial charge < -0.3 is 20.6 Å². The lowest BCUT2D eigenvalue weighted by Crippen LogP contribution is -2.39. The minimum Gasteiger partial charge on any atom is -0.383 e. The summed E-state index contributed by atoms with van der Waals surface area (Å²) in [5.74, 6) is 0.820. The Morgan fingerprint density at radius 3 is 2.90 bits per heavy atom. The Bertz CT molecular complexity index is 833. The number of carbonyl (C=O) groups excluding carboxylic acids is 1. The lowest BCUT2D eigenvalue weighted by molar-refractivity contribution is -0.118. The molecule has 0 saturated carbocycles. The van der Waals surface area contributed by atoms with E-state index in [4.69, 9.17) is 0 Å². The Labute approximate surface area is 176 Å². The molecular weight excluding hydrogens is 384 g/mol. The molecule has 1 aromatic carbocycles. The molecule has 2 heterocycles. The maximum Gasteiger partial charge on any atom is 0.227 e. The number of aliphatic hydroxyl groups is 1. The molecule has 1 amide bonds. The minimum atomic E-state index is -0.999. The standard InChI is InChI=1S/C22H30N4O2S/c1-3-23-21(25-16-22(2,28)18-11-14-29-15-18)24-12-6-9-20(27)26-13-10-17-7-4-5-8-19(17)26/h4-5,7-8,11,14-15,28H,3,6,9-10,12-13,16H2,1-2H3,(H2,23,24,25). The van der Waals surface area contributed by atoms with Gasteiger partial charge in [-0.05, 0) is 60.7 Å². The van der Waals surface area contributed by atoms with E-state index in [1.807, 2.05) is 46.8 Å². The van der Waals surface area contributed by atoms with E-state index in [0.717, 1.165) is 37.2 Å². The highest BCUT2D eigenvalue weighted by Gasteiger charge is 2.24. The van der Waals surface area contributed by atoms with Crippen molar-refractivity contribution >= 4 is 28.9 Å². The Hall–Kier alpha value is -2.38. The predicted octanol–water partition coefficient (Wildman–Crippen LogP) is 2.88. The van der Waals surface area contributed by atoms with E-state index in [2.05, 4.69) is 21.7 Å². The Morgan fingerprint density at radius 2 is 2.14 bits per heavy atom. The normalized spacial score (nSPS) is 15.7. The molecule has 0 radical (unpaired) electrons. The molecule has 1 aliphatic rings. The summed E-state index contributed by atoms with van der Waals surface area (Å²) in [6.07, 6.45) is 2.15. The number of aliphatic imine (C=N–C) groups is 1. The summed E-state index contributed by atoms with van der Waals surface area (Å²) in [6, 6.07) is 10.0. The SMILES string of the molecule is CCNC(=NCC(C)(O)c1ccsc1)NCCCC(=O)N1CCc2ccccc21. The number of para-hydroxylation sites is 1. The first-order chi connectivity index (χ1) is 14.0. The monoisotopic (exact) mass is 414 g/mol. The summed E-state index contributed by atoms with van der Waals surface area (Å²) in [7, 11) is 0. The first-order valence-electron chi connectivity index (χ1n) is 10.2. The number of anilines is 1. The number of amides is 1. The van der Waals surface area contributed by atoms with E-state index < -0.39 is 5.60 Å². The van der Waals surface area contributed by atoms with Crippen LogP contribution in [-0.4, -0.2) is 43.2 Å². The molecule has 0 fully saturated rings. The van der Waals surface area contributed by atoms with Gasteiger partial charge in [-0.3, -0.25) is 4.79 Å². The van der Waals surface area contributed by atoms with Crippen LogP contribution in [-0.2, 0) is 16.8 Å². The molecule has 29 heavy (non-hydrogen) atoms. The number of guanidine groups is 1. The van der Waals surface area contributed by atoms with Gasteiger partial charge in [0.15, 0.2) is 5.96 Å². The second-order valence-corrected chi connectivity index (χ2v) is 8.22. The van der Waals surface area contributed by atoms with Crippen LogP contribution in [0.4, 0.5) is 5.69 Å². The van der Waals surface area contributed by atoms with Crippen LogP contribution in [0.25, 0.3) is 0 Å². The van der Waals surface area contributed by atoms with Crippen LogP contribution in [0.1, 0.15) is 37.8 Å². The molecule has 1 aliphatic heterocycles. The number of benzene rings is 1. The maximum atomic E-state index is 12.6. The fourth-order valence-corrected chi connectivity index (χ4v) is 4.20. The molecule has 0 aliphatic carbocycles. The fraction of sp³-hybridized carbons (Fsp3) is 0.455. The Kier molecular flexibility index (Phi) is 7.28. The molecule has 2 aromatic rings. The molecule has 0 bridgehead atoms. The number of fused-ring (bicyclic) bond motifs is 1. The number of nitrogens with one attached hydrogen (secondary N) is 2. The summed E-state index contributed by atoms with van der Waals surface area (Å²) < 4.78 is 0. The maximum absolute atomic E-state index is 12.6. The molecule has 0 saturated heterocycles. The smallest absolute Gasteiger partial charge is 0.227 e. The van der Waals surface area contributed by atoms with Crippen LogP contribution in [0.15, 0.2) is 46.1 Å². The summed E-state index contributed by atoms with van der Waals surface area (Å²) in [5, 5.41) is 21.0. The van der Waals surface area contributed by atoms with Crippen molar-refractivity contribution in [3.63, 3.8) is 0 Å². The molecule has 1 aromatic heterocycles. The molecule has 1 atom stereocenters. The number of rotatable bonds is 8. The zero-order valence-electron chi connectivity index (χ0n) is 17.1. The highest BCUT2D eigenvalue weighted by Crippen LogP contribution is 2.28. The predicted molar refractivity (Wildman–Crippen MR) is 120 cm³/mol. The van der Waals surface area contributed by atoms with Gasteiger partial charge in [-0.2, -0.15) is 11.3 Å². The van der Waals surface area contributed by atoms with Gasteiger partial charge in [-0.1, -0.05) is 18.2 Å². The molecule has 1 unspecified atom stereocenters. The van der Waals surface area contributed by atoms with Crippen molar-refractivity contribution < 1.29 is 9.90 Å². The second-order valence-electron chi connectivity index (χ2n) is 7.44. The van der Waals surface area contributed by atoms with Crippen LogP contribution in [0, 0.1) is 0 Å². The summed E-state index contributed by atoms with van der Waals surface area (Å²) in [4.78, 5) is 19.0. The van der Waals surface area contributed by atoms with Gasteiger partial charge in [-0.25, -0.2) is 4.99 Å². The van der Waals surface area contributed by atoms with Crippen LogP contribution in [0.3, 0.4) is 0 Å². The third kappa shape index (κ3) is 5.58. The quantitative estimate of drug-likeness (QED) is 0.353. The van der Waals surface area contributed by atoms with Gasteiger partial charge in [0.05, 0.1) is 6.54 Å². The number of hydrogen-bond acceptors (Lipinski definition) is 4. The van der Waals surface area contributed by atoms with Crippen LogP contribution < -0.4 is 15.5 Å². The first-order valence-corrected chi connectivity index (χ1v) is 11.1. The molecule has 0 spiro atoms. The van der Waals surface area contributed by atoms with Gasteiger partial charge in [0.1, 0.15) is 5.60 Å². The number of thiophene rings is 1. The molecule has 6 nitrogen and oxygen atoms in total. The van der Waals surface area contributed by atoms with E-state index in [1.165, 1.54) is 5.56 Å². The van der Waals surface area contributed by atoms with Crippen molar-refractivity contribution in [1.29, 1.82) is 0 Å². The third-order valence-corrected chi connectivity index (χ3v) is 5.76. The van der Waals surface area contributed by atoms with Gasteiger partial charge in [-0.15, -0.1) is 0 Å². The molecule has 3 rings (SSSR count). The van der Waals surface area contributed by atoms with Crippen LogP contribution in [0.5, 0.6) is 0 Å². The minimum absolute atomic E-state index is 0.166. The molecule has 3 N–H and O–H groups in total. The first kappa shape index (κ1) is 21.3. The number of carbonyl (C=O) groups is 1. The largest absolute Gasteiger partial charge is 0.383 e. The third-order valence-electron chi connectivity index (χ3n) is 5.08. The van der Waals surface area contributed by atoms with Crippen molar-refractivity contribution in [1.82, 2.24) is 10.6 Å². The zero-order chi connectivity index (χ0) is 20.7. The van der Waals surface area contributed by atoms with Crippen molar-refractivity contribution in [3.05, 3.63) is 52.2 Å². The van der Waals surface area contributed by atoms with Crippen molar-refractivity contribution in [2.75, 3.05) is 31.1 Å². The summed E-state index contributed by atoms with van der Waals surface area (Å²) in [5.41, 5.74) is 2.18. The van der Waals surface area contributed by atoms with E-state index in [1.54, 1.807) is 18.3 Å². The van der Waals surface area contributed by atoms with Crippen LogP contribution in [0.2, 0.25) is 0 Å². The summed E-state index contributed by atoms with van der Waals surface area (Å²) >= 11 is 1.56. The van der Waals surface area contributed by atoms with E-state index in [9.17, 15) is 9.90 Å². The molecule has 156 valence electrons. The van der Waals surface area contributed by atoms with Crippen molar-refractivity contribution in [3.8, 4) is 0 Å². The van der Waals surface area contributed by atoms with Gasteiger partial charge in [0.25, 0.3) is 0 Å². The molecule has 7 heteroatoms. The van der Waals surface area contributed by atoms with Crippen LogP contribution >= 0.6 is 11.3 Å².